The summed E-state index contributed by atoms with van der Waals surface area (Å²) in [5, 5.41) is 0. The molecule has 0 radical (unpaired) electrons. The molecular weight excluding hydrogens is 961 g/mol. The SMILES string of the molecule is C/C(=C\C(=C/C(=Nc1ccccc1Oc1ccc(C(C)(C)c2ccc(Oc3ccccc3N=C(/C=C(\C=C(/C)c3ccccc3)c3ccccc3)c3ccccc3)cc2)cc1)c1ccccc1)c1ccccc1)c1ccccc1. The summed E-state index contributed by atoms with van der Waals surface area (Å²) in [6.45, 7) is 8.79. The number of allylic oxidation sites excluding steroid dienone is 8. The maximum Gasteiger partial charge on any atom is 0.153 e. The first-order valence-electron chi connectivity index (χ1n) is 26.8. The van der Waals surface area contributed by atoms with Crippen molar-refractivity contribution in [1.82, 2.24) is 0 Å². The smallest absolute Gasteiger partial charge is 0.153 e. The number of rotatable bonds is 18. The third kappa shape index (κ3) is 13.6. The number of ether oxygens (including phenoxy) is 2. The van der Waals surface area contributed by atoms with Crippen LogP contribution in [0.25, 0.3) is 22.3 Å². The van der Waals surface area contributed by atoms with Crippen molar-refractivity contribution >= 4 is 45.1 Å². The molecule has 10 rings (SSSR count). The van der Waals surface area contributed by atoms with E-state index in [1.165, 1.54) is 11.1 Å². The minimum atomic E-state index is -0.331. The highest BCUT2D eigenvalue weighted by molar-refractivity contribution is 6.15. The van der Waals surface area contributed by atoms with E-state index in [-0.39, 0.29) is 5.41 Å². The molecule has 0 aromatic heterocycles. The summed E-state index contributed by atoms with van der Waals surface area (Å²) in [5.74, 6) is 2.76. The van der Waals surface area contributed by atoms with Crippen LogP contribution in [0.15, 0.2) is 313 Å². The van der Waals surface area contributed by atoms with Gasteiger partial charge in [-0.3, -0.25) is 0 Å². The Bertz CT molecular complexity index is 3550. The molecule has 0 aliphatic heterocycles. The van der Waals surface area contributed by atoms with Crippen LogP contribution in [0.1, 0.15) is 72.2 Å². The van der Waals surface area contributed by atoms with Crippen molar-refractivity contribution in [1.29, 1.82) is 0 Å². The van der Waals surface area contributed by atoms with Crippen LogP contribution in [-0.2, 0) is 5.41 Å². The number of hydrogen-bond acceptors (Lipinski definition) is 4. The molecule has 0 heterocycles. The van der Waals surface area contributed by atoms with E-state index in [2.05, 4.69) is 198 Å². The van der Waals surface area contributed by atoms with Crippen LogP contribution >= 0.6 is 0 Å². The van der Waals surface area contributed by atoms with Crippen molar-refractivity contribution in [2.24, 2.45) is 9.98 Å². The molecule has 0 aliphatic carbocycles. The summed E-state index contributed by atoms with van der Waals surface area (Å²) in [7, 11) is 0. The second kappa shape index (κ2) is 25.3. The molecule has 384 valence electrons. The monoisotopic (exact) mass is 1020 g/mol. The van der Waals surface area contributed by atoms with E-state index in [0.717, 1.165) is 90.0 Å². The zero-order chi connectivity index (χ0) is 54.2. The quantitative estimate of drug-likeness (QED) is 0.0635. The lowest BCUT2D eigenvalue weighted by atomic mass is 9.78. The Morgan fingerprint density at radius 1 is 0.304 bits per heavy atom. The molecule has 10 aromatic rings. The van der Waals surface area contributed by atoms with Crippen LogP contribution in [0.5, 0.6) is 23.0 Å². The van der Waals surface area contributed by atoms with E-state index >= 15 is 0 Å². The molecule has 0 N–H and O–H groups in total. The Morgan fingerprint density at radius 2 is 0.582 bits per heavy atom. The number of benzene rings is 10. The van der Waals surface area contributed by atoms with E-state index in [1.807, 2.05) is 133 Å². The van der Waals surface area contributed by atoms with Crippen molar-refractivity contribution in [3.8, 4) is 23.0 Å². The van der Waals surface area contributed by atoms with Crippen molar-refractivity contribution in [3.63, 3.8) is 0 Å². The van der Waals surface area contributed by atoms with Gasteiger partial charge in [-0.1, -0.05) is 257 Å². The van der Waals surface area contributed by atoms with Crippen LogP contribution in [0.3, 0.4) is 0 Å². The summed E-state index contributed by atoms with van der Waals surface area (Å²) in [5.41, 5.74) is 16.0. The Labute approximate surface area is 466 Å². The maximum absolute atomic E-state index is 6.66. The minimum absolute atomic E-state index is 0.331. The Kier molecular flexibility index (Phi) is 16.8. The first kappa shape index (κ1) is 52.5. The van der Waals surface area contributed by atoms with Gasteiger partial charge in [-0.15, -0.1) is 0 Å². The van der Waals surface area contributed by atoms with Gasteiger partial charge in [0.2, 0.25) is 0 Å². The molecule has 0 amide bonds. The lowest BCUT2D eigenvalue weighted by molar-refractivity contribution is 0.482. The van der Waals surface area contributed by atoms with Crippen LogP contribution in [0, 0.1) is 0 Å². The molecule has 0 spiro atoms. The Balaban J connectivity index is 0.894. The average Bonchev–Trinajstić information content (AvgIpc) is 3.53. The van der Waals surface area contributed by atoms with Gasteiger partial charge in [0.15, 0.2) is 11.5 Å². The lowest BCUT2D eigenvalue weighted by Gasteiger charge is -2.26. The van der Waals surface area contributed by atoms with E-state index in [9.17, 15) is 0 Å². The fraction of sp³-hybridized carbons (Fsp3) is 0.0667. The van der Waals surface area contributed by atoms with E-state index in [4.69, 9.17) is 19.5 Å². The fourth-order valence-electron chi connectivity index (χ4n) is 9.42. The van der Waals surface area contributed by atoms with Crippen LogP contribution in [0.2, 0.25) is 0 Å². The summed E-state index contributed by atoms with van der Waals surface area (Å²) in [6.07, 6.45) is 8.83. The second-order valence-electron chi connectivity index (χ2n) is 19.9. The number of aliphatic imine (C=N–C) groups is 2. The first-order valence-corrected chi connectivity index (χ1v) is 26.8. The van der Waals surface area contributed by atoms with Gasteiger partial charge in [0.25, 0.3) is 0 Å². The normalized spacial score (nSPS) is 12.8. The summed E-state index contributed by atoms with van der Waals surface area (Å²) in [4.78, 5) is 10.7. The highest BCUT2D eigenvalue weighted by Gasteiger charge is 2.24. The zero-order valence-corrected chi connectivity index (χ0v) is 45.1. The van der Waals surface area contributed by atoms with Gasteiger partial charge >= 0.3 is 0 Å². The lowest BCUT2D eigenvalue weighted by Crippen LogP contribution is -2.18. The number of hydrogen-bond donors (Lipinski definition) is 0. The highest BCUT2D eigenvalue weighted by atomic mass is 16.5. The third-order valence-electron chi connectivity index (χ3n) is 14.0. The summed E-state index contributed by atoms with van der Waals surface area (Å²) in [6, 6.07) is 95.2. The van der Waals surface area contributed by atoms with Crippen LogP contribution < -0.4 is 9.47 Å². The topological polar surface area (TPSA) is 43.2 Å². The molecule has 4 heteroatoms. The summed E-state index contributed by atoms with van der Waals surface area (Å²) >= 11 is 0. The molecule has 0 unspecified atom stereocenters. The van der Waals surface area contributed by atoms with Gasteiger partial charge in [-0.25, -0.2) is 9.98 Å². The Hall–Kier alpha value is -9.90. The molecule has 0 saturated heterocycles. The Morgan fingerprint density at radius 3 is 0.911 bits per heavy atom. The maximum atomic E-state index is 6.66. The molecule has 0 fully saturated rings. The standard InChI is InChI=1S/C75H62N2O2/c1-55(57-27-11-5-12-28-57)51-63(59-31-15-7-16-32-59)53-71(61-35-19-9-20-36-61)76-69-39-23-25-41-73(69)78-67-47-43-65(44-48-67)75(3,4)66-45-49-68(50-46-66)79-74-42-26-24-40-70(74)77-72(62-37-21-10-22-38-62)54-64(60-33-17-8-18-34-60)52-56(2)58-29-13-6-14-30-58/h5-54H,1-4H3/b55-51+,56-52+,63-53+,64-54+,76-71?,77-72?. The van der Waals surface area contributed by atoms with Gasteiger partial charge in [0, 0.05) is 16.5 Å². The fourth-order valence-corrected chi connectivity index (χ4v) is 9.42. The van der Waals surface area contributed by atoms with E-state index < -0.39 is 0 Å². The van der Waals surface area contributed by atoms with Crippen LogP contribution in [0.4, 0.5) is 11.4 Å². The van der Waals surface area contributed by atoms with Crippen molar-refractivity contribution < 1.29 is 9.47 Å². The van der Waals surface area contributed by atoms with Crippen LogP contribution in [-0.4, -0.2) is 11.4 Å². The van der Waals surface area contributed by atoms with Crippen molar-refractivity contribution in [2.45, 2.75) is 33.1 Å². The predicted molar refractivity (Wildman–Crippen MR) is 332 cm³/mol. The van der Waals surface area contributed by atoms with Gasteiger partial charge in [0.1, 0.15) is 22.9 Å². The van der Waals surface area contributed by atoms with Gasteiger partial charge in [-0.05, 0) is 130 Å². The molecule has 4 nitrogen and oxygen atoms in total. The third-order valence-corrected chi connectivity index (χ3v) is 14.0. The molecular formula is C75H62N2O2. The summed E-state index contributed by atoms with van der Waals surface area (Å²) < 4.78 is 13.3. The first-order chi connectivity index (χ1) is 38.7. The average molecular weight is 1020 g/mol. The molecule has 0 atom stereocenters. The second-order valence-corrected chi connectivity index (χ2v) is 19.9. The van der Waals surface area contributed by atoms with E-state index in [0.29, 0.717) is 11.5 Å². The van der Waals surface area contributed by atoms with Crippen molar-refractivity contribution in [3.05, 3.63) is 348 Å². The van der Waals surface area contributed by atoms with Gasteiger partial charge in [-0.2, -0.15) is 0 Å². The zero-order valence-electron chi connectivity index (χ0n) is 45.1. The number of para-hydroxylation sites is 4. The van der Waals surface area contributed by atoms with E-state index in [1.54, 1.807) is 0 Å². The van der Waals surface area contributed by atoms with Crippen molar-refractivity contribution in [2.75, 3.05) is 0 Å². The molecule has 0 bridgehead atoms. The van der Waals surface area contributed by atoms with Gasteiger partial charge < -0.3 is 9.47 Å². The molecule has 10 aromatic carbocycles. The molecule has 0 aliphatic rings. The van der Waals surface area contributed by atoms with Gasteiger partial charge in [0.05, 0.1) is 11.4 Å². The molecule has 0 saturated carbocycles. The number of nitrogens with zero attached hydrogens (tertiary/aromatic N) is 2. The minimum Gasteiger partial charge on any atom is -0.455 e. The predicted octanol–water partition coefficient (Wildman–Crippen LogP) is 20.2. The largest absolute Gasteiger partial charge is 0.455 e. The molecule has 79 heavy (non-hydrogen) atoms. The highest BCUT2D eigenvalue weighted by Crippen LogP contribution is 2.39.